The van der Waals surface area contributed by atoms with Crippen molar-refractivity contribution < 1.29 is 4.79 Å². The number of nitrogens with zero attached hydrogens (tertiary/aromatic N) is 2. The number of piperazine rings is 1. The monoisotopic (exact) mass is 426 g/mol. The zero-order valence-electron chi connectivity index (χ0n) is 18.2. The molecule has 3 aromatic carbocycles. The molecule has 32 heavy (non-hydrogen) atoms. The van der Waals surface area contributed by atoms with E-state index in [0.29, 0.717) is 0 Å². The van der Waals surface area contributed by atoms with E-state index in [1.165, 1.54) is 16.7 Å². The highest BCUT2D eigenvalue weighted by Gasteiger charge is 2.35. The molecule has 164 valence electrons. The van der Waals surface area contributed by atoms with Crippen molar-refractivity contribution in [3.05, 3.63) is 108 Å². The first-order valence-corrected chi connectivity index (χ1v) is 11.5. The molecule has 2 aliphatic rings. The highest BCUT2D eigenvalue weighted by molar-refractivity contribution is 5.82. The lowest BCUT2D eigenvalue weighted by Crippen LogP contribution is -2.54. The number of hydrogen-bond acceptors (Lipinski definition) is 4. The quantitative estimate of drug-likeness (QED) is 0.655. The van der Waals surface area contributed by atoms with Crippen molar-refractivity contribution in [1.82, 2.24) is 20.7 Å². The van der Waals surface area contributed by atoms with Crippen molar-refractivity contribution in [2.24, 2.45) is 0 Å². The summed E-state index contributed by atoms with van der Waals surface area (Å²) in [6.45, 7) is 3.23. The van der Waals surface area contributed by atoms with Gasteiger partial charge in [0.15, 0.2) is 0 Å². The largest absolute Gasteiger partial charge is 0.339 e. The molecule has 0 bridgehead atoms. The minimum absolute atomic E-state index is 0.173. The van der Waals surface area contributed by atoms with E-state index >= 15 is 0 Å². The van der Waals surface area contributed by atoms with Crippen LogP contribution in [-0.4, -0.2) is 47.9 Å². The zero-order chi connectivity index (χ0) is 21.8. The van der Waals surface area contributed by atoms with E-state index < -0.39 is 0 Å². The molecule has 2 fully saturated rings. The van der Waals surface area contributed by atoms with Gasteiger partial charge in [-0.1, -0.05) is 91.0 Å². The van der Waals surface area contributed by atoms with E-state index in [1.807, 2.05) is 23.1 Å². The number of hydrogen-bond donors (Lipinski definition) is 2. The second-order valence-corrected chi connectivity index (χ2v) is 8.63. The molecule has 0 saturated carbocycles. The van der Waals surface area contributed by atoms with Crippen molar-refractivity contribution in [2.75, 3.05) is 26.2 Å². The molecular weight excluding hydrogens is 396 g/mol. The Balaban J connectivity index is 1.24. The average Bonchev–Trinajstić information content (AvgIpc) is 3.37. The van der Waals surface area contributed by atoms with Crippen LogP contribution in [0.3, 0.4) is 0 Å². The lowest BCUT2D eigenvalue weighted by Gasteiger charge is -2.40. The molecule has 5 nitrogen and oxygen atoms in total. The standard InChI is InChI=1S/C27H30N4O/c32-27(25-20-24(28-29-25)21-10-4-1-5-11-21)31-18-16-30(17-19-31)26(22-12-6-2-7-13-22)23-14-8-3-9-15-23/h1-15,24-26,28-29H,16-20H2. The summed E-state index contributed by atoms with van der Waals surface area (Å²) in [6, 6.07) is 31.9. The van der Waals surface area contributed by atoms with Gasteiger partial charge in [-0.25, -0.2) is 10.9 Å². The van der Waals surface area contributed by atoms with Crippen LogP contribution >= 0.6 is 0 Å². The van der Waals surface area contributed by atoms with Crippen LogP contribution in [0, 0.1) is 0 Å². The van der Waals surface area contributed by atoms with Crippen molar-refractivity contribution in [3.63, 3.8) is 0 Å². The summed E-state index contributed by atoms with van der Waals surface area (Å²) in [5.74, 6) is 0.201. The van der Waals surface area contributed by atoms with Crippen LogP contribution in [0.1, 0.15) is 35.2 Å². The Bertz CT molecular complexity index is 964. The highest BCUT2D eigenvalue weighted by Crippen LogP contribution is 2.30. The molecule has 0 radical (unpaired) electrons. The maximum absolute atomic E-state index is 13.2. The Labute approximate surface area is 190 Å². The first-order chi connectivity index (χ1) is 15.8. The van der Waals surface area contributed by atoms with Crippen LogP contribution in [0.4, 0.5) is 0 Å². The lowest BCUT2D eigenvalue weighted by molar-refractivity contribution is -0.135. The van der Waals surface area contributed by atoms with Crippen LogP contribution in [0.5, 0.6) is 0 Å². The fourth-order valence-electron chi connectivity index (χ4n) is 4.93. The van der Waals surface area contributed by atoms with E-state index in [0.717, 1.165) is 32.6 Å². The van der Waals surface area contributed by atoms with Gasteiger partial charge in [0.05, 0.1) is 6.04 Å². The third kappa shape index (κ3) is 4.46. The maximum atomic E-state index is 13.2. The van der Waals surface area contributed by atoms with E-state index in [1.54, 1.807) is 0 Å². The first kappa shape index (κ1) is 20.9. The second-order valence-electron chi connectivity index (χ2n) is 8.63. The Morgan fingerprint density at radius 1 is 0.719 bits per heavy atom. The summed E-state index contributed by atoms with van der Waals surface area (Å²) in [4.78, 5) is 17.7. The van der Waals surface area contributed by atoms with Gasteiger partial charge in [-0.15, -0.1) is 0 Å². The van der Waals surface area contributed by atoms with Crippen LogP contribution < -0.4 is 10.9 Å². The van der Waals surface area contributed by atoms with Gasteiger partial charge < -0.3 is 4.90 Å². The number of hydrazine groups is 1. The van der Waals surface area contributed by atoms with Crippen molar-refractivity contribution in [3.8, 4) is 0 Å². The Morgan fingerprint density at radius 3 is 1.81 bits per heavy atom. The van der Waals surface area contributed by atoms with Crippen LogP contribution in [0.25, 0.3) is 0 Å². The van der Waals surface area contributed by atoms with Gasteiger partial charge >= 0.3 is 0 Å². The molecule has 0 spiro atoms. The summed E-state index contributed by atoms with van der Waals surface area (Å²) in [7, 11) is 0. The molecule has 2 atom stereocenters. The van der Waals surface area contributed by atoms with Gasteiger partial charge in [-0.3, -0.25) is 9.69 Å². The van der Waals surface area contributed by atoms with Crippen LogP contribution in [0.15, 0.2) is 91.0 Å². The smallest absolute Gasteiger partial charge is 0.241 e. The summed E-state index contributed by atoms with van der Waals surface area (Å²) < 4.78 is 0. The molecule has 1 amide bonds. The second kappa shape index (κ2) is 9.65. The summed E-state index contributed by atoms with van der Waals surface area (Å²) >= 11 is 0. The van der Waals surface area contributed by atoms with Gasteiger partial charge in [0.1, 0.15) is 6.04 Å². The molecule has 2 aliphatic heterocycles. The Morgan fingerprint density at radius 2 is 1.25 bits per heavy atom. The zero-order valence-corrected chi connectivity index (χ0v) is 18.2. The number of nitrogens with one attached hydrogen (secondary N) is 2. The summed E-state index contributed by atoms with van der Waals surface area (Å²) in [5, 5.41) is 0. The van der Waals surface area contributed by atoms with Gasteiger partial charge in [0, 0.05) is 32.2 Å². The highest BCUT2D eigenvalue weighted by atomic mass is 16.2. The summed E-state index contributed by atoms with van der Waals surface area (Å²) in [6.07, 6.45) is 0.777. The number of carbonyl (C=O) groups excluding carboxylic acids is 1. The van der Waals surface area contributed by atoms with Crippen LogP contribution in [0.2, 0.25) is 0 Å². The predicted molar refractivity (Wildman–Crippen MR) is 127 cm³/mol. The molecule has 2 saturated heterocycles. The molecule has 2 unspecified atom stereocenters. The normalized spacial score (nSPS) is 21.7. The molecule has 0 aromatic heterocycles. The molecule has 2 heterocycles. The van der Waals surface area contributed by atoms with Crippen LogP contribution in [-0.2, 0) is 4.79 Å². The fraction of sp³-hybridized carbons (Fsp3) is 0.296. The number of amides is 1. The molecule has 2 N–H and O–H groups in total. The number of benzene rings is 3. The third-order valence-electron chi connectivity index (χ3n) is 6.62. The maximum Gasteiger partial charge on any atom is 0.241 e. The topological polar surface area (TPSA) is 47.6 Å². The molecule has 3 aromatic rings. The Kier molecular flexibility index (Phi) is 6.30. The van der Waals surface area contributed by atoms with Gasteiger partial charge in [-0.2, -0.15) is 0 Å². The Hall–Kier alpha value is -2.99. The molecular formula is C27H30N4O. The summed E-state index contributed by atoms with van der Waals surface area (Å²) in [5.41, 5.74) is 10.3. The van der Waals surface area contributed by atoms with Crippen molar-refractivity contribution >= 4 is 5.91 Å². The van der Waals surface area contributed by atoms with Crippen molar-refractivity contribution in [2.45, 2.75) is 24.5 Å². The van der Waals surface area contributed by atoms with E-state index in [9.17, 15) is 4.79 Å². The van der Waals surface area contributed by atoms with E-state index in [-0.39, 0.29) is 24.0 Å². The minimum Gasteiger partial charge on any atom is -0.339 e. The first-order valence-electron chi connectivity index (χ1n) is 11.5. The number of rotatable bonds is 5. The minimum atomic E-state index is -0.175. The third-order valence-corrected chi connectivity index (χ3v) is 6.62. The predicted octanol–water partition coefficient (Wildman–Crippen LogP) is 3.53. The molecule has 5 rings (SSSR count). The lowest BCUT2D eigenvalue weighted by atomic mass is 9.96. The van der Waals surface area contributed by atoms with E-state index in [2.05, 4.69) is 88.5 Å². The molecule has 0 aliphatic carbocycles. The van der Waals surface area contributed by atoms with E-state index in [4.69, 9.17) is 0 Å². The van der Waals surface area contributed by atoms with Gasteiger partial charge in [0.25, 0.3) is 0 Å². The number of carbonyl (C=O) groups is 1. The fourth-order valence-corrected chi connectivity index (χ4v) is 4.93. The van der Waals surface area contributed by atoms with Gasteiger partial charge in [0.2, 0.25) is 5.91 Å². The van der Waals surface area contributed by atoms with Gasteiger partial charge in [-0.05, 0) is 23.1 Å². The SMILES string of the molecule is O=C(C1CC(c2ccccc2)NN1)N1CCN(C(c2ccccc2)c2ccccc2)CC1. The molecule has 5 heteroatoms. The van der Waals surface area contributed by atoms with Crippen molar-refractivity contribution in [1.29, 1.82) is 0 Å². The average molecular weight is 427 g/mol.